The Balaban J connectivity index is 1.46. The maximum Gasteiger partial charge on any atom is 0.228 e. The summed E-state index contributed by atoms with van der Waals surface area (Å²) in [6, 6.07) is 11.5. The van der Waals surface area contributed by atoms with Gasteiger partial charge in [-0.25, -0.2) is 9.97 Å². The van der Waals surface area contributed by atoms with Crippen molar-refractivity contribution >= 4 is 28.4 Å². The largest absolute Gasteiger partial charge is 0.496 e. The lowest BCUT2D eigenvalue weighted by molar-refractivity contribution is -0.115. The van der Waals surface area contributed by atoms with Crippen LogP contribution in [0, 0.1) is 6.92 Å². The first-order valence-electron chi connectivity index (χ1n) is 11.2. The topological polar surface area (TPSA) is 104 Å². The number of nitrogens with zero attached hydrogens (tertiary/aromatic N) is 3. The molecular weight excluding hydrogens is 430 g/mol. The number of aryl methyl sites for hydroxylation is 2. The van der Waals surface area contributed by atoms with Crippen molar-refractivity contribution in [2.75, 3.05) is 25.3 Å². The van der Waals surface area contributed by atoms with Gasteiger partial charge in [-0.2, -0.15) is 0 Å². The number of nitrogens with two attached hydrogens (primary N) is 1. The third-order valence-electron chi connectivity index (χ3n) is 6.37. The van der Waals surface area contributed by atoms with Gasteiger partial charge in [0.1, 0.15) is 23.3 Å². The minimum Gasteiger partial charge on any atom is -0.496 e. The van der Waals surface area contributed by atoms with E-state index in [1.807, 2.05) is 43.3 Å². The molecule has 0 spiro atoms. The number of hydrogen-bond donors (Lipinski definition) is 2. The number of rotatable bonds is 6. The molecule has 1 aliphatic carbocycles. The van der Waals surface area contributed by atoms with E-state index < -0.39 is 0 Å². The Hall–Kier alpha value is -4.07. The lowest BCUT2D eigenvalue weighted by Crippen LogP contribution is -2.15. The van der Waals surface area contributed by atoms with E-state index in [1.54, 1.807) is 14.2 Å². The van der Waals surface area contributed by atoms with Gasteiger partial charge in [0.05, 0.1) is 31.8 Å². The Morgan fingerprint density at radius 1 is 1.09 bits per heavy atom. The highest BCUT2D eigenvalue weighted by atomic mass is 16.5. The van der Waals surface area contributed by atoms with Gasteiger partial charge in [0.25, 0.3) is 0 Å². The number of amides is 1. The highest BCUT2D eigenvalue weighted by Crippen LogP contribution is 2.38. The van der Waals surface area contributed by atoms with Crippen LogP contribution in [0.4, 0.5) is 11.5 Å². The van der Waals surface area contributed by atoms with Crippen LogP contribution in [0.15, 0.2) is 42.7 Å². The van der Waals surface area contributed by atoms with Crippen molar-refractivity contribution in [3.05, 3.63) is 65.1 Å². The summed E-state index contributed by atoms with van der Waals surface area (Å²) in [5.74, 6) is 1.64. The van der Waals surface area contributed by atoms with Crippen LogP contribution in [0.2, 0.25) is 0 Å². The molecule has 1 aliphatic rings. The highest BCUT2D eigenvalue weighted by molar-refractivity contribution is 5.95. The van der Waals surface area contributed by atoms with Crippen molar-refractivity contribution < 1.29 is 14.3 Å². The molecule has 0 saturated carbocycles. The molecule has 0 bridgehead atoms. The zero-order valence-electron chi connectivity index (χ0n) is 19.5. The summed E-state index contributed by atoms with van der Waals surface area (Å²) < 4.78 is 13.1. The summed E-state index contributed by atoms with van der Waals surface area (Å²) in [5.41, 5.74) is 13.8. The van der Waals surface area contributed by atoms with Crippen molar-refractivity contribution in [3.63, 3.8) is 0 Å². The molecule has 2 heterocycles. The number of aromatic nitrogens is 3. The fourth-order valence-electron chi connectivity index (χ4n) is 4.76. The maximum absolute atomic E-state index is 12.8. The van der Waals surface area contributed by atoms with Gasteiger partial charge in [-0.1, -0.05) is 12.1 Å². The standard InChI is InChI=1S/C26H27N5O3/c1-15-7-8-16(11-21(15)33-2)12-23(32)30-19-10-9-17(13-22(19)34-3)31-20-6-4-5-18(20)24-25(31)26(27)29-14-28-24/h7-11,13-14H,4-6,12H2,1-3H3,(H,30,32)(H2,27,28,29). The van der Waals surface area contributed by atoms with Gasteiger partial charge in [0, 0.05) is 17.4 Å². The van der Waals surface area contributed by atoms with Crippen molar-refractivity contribution in [2.45, 2.75) is 32.6 Å². The number of methoxy groups -OCH3 is 2. The van der Waals surface area contributed by atoms with E-state index in [4.69, 9.17) is 15.2 Å². The first-order valence-corrected chi connectivity index (χ1v) is 11.2. The van der Waals surface area contributed by atoms with Crippen LogP contribution in [0.5, 0.6) is 11.5 Å². The molecule has 0 atom stereocenters. The van der Waals surface area contributed by atoms with Crippen LogP contribution in [0.1, 0.15) is 28.8 Å². The predicted octanol–water partition coefficient (Wildman–Crippen LogP) is 4.00. The third kappa shape index (κ3) is 3.71. The molecule has 34 heavy (non-hydrogen) atoms. The predicted molar refractivity (Wildman–Crippen MR) is 132 cm³/mol. The Labute approximate surface area is 197 Å². The fourth-order valence-corrected chi connectivity index (χ4v) is 4.76. The zero-order valence-corrected chi connectivity index (χ0v) is 19.5. The normalized spacial score (nSPS) is 12.6. The maximum atomic E-state index is 12.8. The summed E-state index contributed by atoms with van der Waals surface area (Å²) in [6.45, 7) is 1.97. The highest BCUT2D eigenvalue weighted by Gasteiger charge is 2.25. The number of benzene rings is 2. The molecule has 1 amide bonds. The molecule has 8 nitrogen and oxygen atoms in total. The SMILES string of the molecule is COc1cc(CC(=O)Nc2ccc(-n3c4c(c5ncnc(N)c53)CCC4)cc2OC)ccc1C. The summed E-state index contributed by atoms with van der Waals surface area (Å²) in [5, 5.41) is 2.97. The van der Waals surface area contributed by atoms with Crippen LogP contribution in [0.25, 0.3) is 16.7 Å². The quantitative estimate of drug-likeness (QED) is 0.454. The number of hydrogen-bond acceptors (Lipinski definition) is 6. The molecule has 5 rings (SSSR count). The Morgan fingerprint density at radius 3 is 2.71 bits per heavy atom. The molecule has 0 fully saturated rings. The van der Waals surface area contributed by atoms with Crippen LogP contribution in [-0.2, 0) is 24.1 Å². The molecule has 0 saturated heterocycles. The Morgan fingerprint density at radius 2 is 1.91 bits per heavy atom. The van der Waals surface area contributed by atoms with E-state index in [0.717, 1.165) is 52.9 Å². The number of anilines is 2. The van der Waals surface area contributed by atoms with E-state index in [0.29, 0.717) is 17.3 Å². The summed E-state index contributed by atoms with van der Waals surface area (Å²) in [7, 11) is 3.22. The van der Waals surface area contributed by atoms with Crippen LogP contribution in [-0.4, -0.2) is 34.7 Å². The summed E-state index contributed by atoms with van der Waals surface area (Å²) >= 11 is 0. The number of ether oxygens (including phenoxy) is 2. The van der Waals surface area contributed by atoms with Gasteiger partial charge in [0.2, 0.25) is 5.91 Å². The third-order valence-corrected chi connectivity index (χ3v) is 6.37. The van der Waals surface area contributed by atoms with Crippen LogP contribution in [0.3, 0.4) is 0 Å². The average Bonchev–Trinajstić information content (AvgIpc) is 3.42. The second kappa shape index (κ2) is 8.70. The second-order valence-electron chi connectivity index (χ2n) is 8.48. The number of fused-ring (bicyclic) bond motifs is 3. The Bertz CT molecular complexity index is 1410. The molecule has 2 aromatic carbocycles. The number of nitrogens with one attached hydrogen (secondary N) is 1. The molecule has 0 radical (unpaired) electrons. The first-order chi connectivity index (χ1) is 16.5. The number of carbonyl (C=O) groups is 1. The number of nitrogen functional groups attached to an aromatic ring is 1. The van der Waals surface area contributed by atoms with Gasteiger partial charge < -0.3 is 25.1 Å². The van der Waals surface area contributed by atoms with Crippen molar-refractivity contribution in [1.82, 2.24) is 14.5 Å². The lowest BCUT2D eigenvalue weighted by Gasteiger charge is -2.15. The molecule has 2 aromatic heterocycles. The smallest absolute Gasteiger partial charge is 0.228 e. The van der Waals surface area contributed by atoms with E-state index >= 15 is 0 Å². The monoisotopic (exact) mass is 457 g/mol. The van der Waals surface area contributed by atoms with Gasteiger partial charge in [-0.15, -0.1) is 0 Å². The lowest BCUT2D eigenvalue weighted by atomic mass is 10.1. The Kier molecular flexibility index (Phi) is 5.57. The molecule has 8 heteroatoms. The molecule has 174 valence electrons. The van der Waals surface area contributed by atoms with Gasteiger partial charge in [-0.3, -0.25) is 4.79 Å². The van der Waals surface area contributed by atoms with Crippen LogP contribution >= 0.6 is 0 Å². The van der Waals surface area contributed by atoms with E-state index in [-0.39, 0.29) is 12.3 Å². The average molecular weight is 458 g/mol. The van der Waals surface area contributed by atoms with Gasteiger partial charge in [0.15, 0.2) is 5.82 Å². The minimum atomic E-state index is -0.137. The summed E-state index contributed by atoms with van der Waals surface area (Å²) in [4.78, 5) is 21.5. The van der Waals surface area contributed by atoms with E-state index in [2.05, 4.69) is 19.9 Å². The van der Waals surface area contributed by atoms with Gasteiger partial charge in [-0.05, 0) is 61.1 Å². The summed E-state index contributed by atoms with van der Waals surface area (Å²) in [6.07, 6.45) is 4.75. The minimum absolute atomic E-state index is 0.137. The van der Waals surface area contributed by atoms with E-state index in [1.165, 1.54) is 17.6 Å². The van der Waals surface area contributed by atoms with Crippen LogP contribution < -0.4 is 20.5 Å². The molecule has 0 unspecified atom stereocenters. The second-order valence-corrected chi connectivity index (χ2v) is 8.48. The van der Waals surface area contributed by atoms with E-state index in [9.17, 15) is 4.79 Å². The van der Waals surface area contributed by atoms with Crippen molar-refractivity contribution in [3.8, 4) is 17.2 Å². The molecule has 3 N–H and O–H groups in total. The number of carbonyl (C=O) groups excluding carboxylic acids is 1. The molecule has 4 aromatic rings. The van der Waals surface area contributed by atoms with Gasteiger partial charge >= 0.3 is 0 Å². The fraction of sp³-hybridized carbons (Fsp3) is 0.269. The molecular formula is C26H27N5O3. The van der Waals surface area contributed by atoms with Crippen molar-refractivity contribution in [1.29, 1.82) is 0 Å². The van der Waals surface area contributed by atoms with Crippen molar-refractivity contribution in [2.24, 2.45) is 0 Å². The first kappa shape index (κ1) is 21.8. The molecule has 0 aliphatic heterocycles. The zero-order chi connectivity index (χ0) is 23.8.